The summed E-state index contributed by atoms with van der Waals surface area (Å²) in [5.41, 5.74) is 5.63. The van der Waals surface area contributed by atoms with Crippen molar-refractivity contribution in [1.82, 2.24) is 0 Å². The lowest BCUT2D eigenvalue weighted by Crippen LogP contribution is -2.44. The van der Waals surface area contributed by atoms with E-state index in [0.29, 0.717) is 10.8 Å². The Labute approximate surface area is 99.3 Å². The number of hydrogen-bond acceptors (Lipinski definition) is 4. The molecule has 2 N–H and O–H groups in total. The molecule has 0 aliphatic rings. The van der Waals surface area contributed by atoms with E-state index in [0.717, 1.165) is 0 Å². The molecule has 1 rings (SSSR count). The van der Waals surface area contributed by atoms with Crippen molar-refractivity contribution < 1.29 is 14.3 Å². The zero-order valence-corrected chi connectivity index (χ0v) is 9.90. The molecule has 5 heteroatoms. The Morgan fingerprint density at radius 2 is 2.06 bits per heavy atom. The van der Waals surface area contributed by atoms with Crippen LogP contribution in [0.1, 0.15) is 6.92 Å². The summed E-state index contributed by atoms with van der Waals surface area (Å²) in [4.78, 5) is 11.2. The van der Waals surface area contributed by atoms with Gasteiger partial charge in [0.15, 0.2) is 0 Å². The average molecular weight is 244 g/mol. The molecule has 0 amide bonds. The Morgan fingerprint density at radius 1 is 1.44 bits per heavy atom. The van der Waals surface area contributed by atoms with Gasteiger partial charge >= 0.3 is 5.97 Å². The summed E-state index contributed by atoms with van der Waals surface area (Å²) in [7, 11) is 1.28. The highest BCUT2D eigenvalue weighted by Gasteiger charge is 2.23. The maximum atomic E-state index is 11.2. The minimum Gasteiger partial charge on any atom is -0.487 e. The number of methoxy groups -OCH3 is 1. The Hall–Kier alpha value is -1.26. The van der Waals surface area contributed by atoms with Crippen LogP contribution in [0.15, 0.2) is 24.3 Å². The van der Waals surface area contributed by atoms with Crippen LogP contribution in [0.5, 0.6) is 5.75 Å². The number of esters is 1. The Kier molecular flexibility index (Phi) is 4.58. The predicted molar refractivity (Wildman–Crippen MR) is 61.5 cm³/mol. The van der Waals surface area contributed by atoms with Gasteiger partial charge in [0.1, 0.15) is 17.9 Å². The van der Waals surface area contributed by atoms with E-state index in [-0.39, 0.29) is 0 Å². The molecule has 0 aliphatic carbocycles. The van der Waals surface area contributed by atoms with Crippen LogP contribution in [-0.4, -0.2) is 25.2 Å². The smallest absolute Gasteiger partial charge is 0.326 e. The molecule has 4 nitrogen and oxygen atoms in total. The van der Waals surface area contributed by atoms with Crippen LogP contribution in [0.25, 0.3) is 0 Å². The quantitative estimate of drug-likeness (QED) is 0.817. The lowest BCUT2D eigenvalue weighted by atomic mass is 10.2. The van der Waals surface area contributed by atoms with Crippen molar-refractivity contribution in [3.63, 3.8) is 0 Å². The highest BCUT2D eigenvalue weighted by molar-refractivity contribution is 6.32. The first kappa shape index (κ1) is 12.8. The van der Waals surface area contributed by atoms with Gasteiger partial charge < -0.3 is 15.2 Å². The largest absolute Gasteiger partial charge is 0.487 e. The molecular weight excluding hydrogens is 230 g/mol. The van der Waals surface area contributed by atoms with E-state index in [9.17, 15) is 4.79 Å². The summed E-state index contributed by atoms with van der Waals surface area (Å²) >= 11 is 5.90. The second-order valence-corrected chi connectivity index (χ2v) is 3.71. The van der Waals surface area contributed by atoms with E-state index in [4.69, 9.17) is 22.1 Å². The SMILES string of the molecule is COC(=O)[C@H](N)[C@H](C)Oc1ccccc1Cl. The fourth-order valence-electron chi connectivity index (χ4n) is 1.14. The molecule has 0 heterocycles. The second-order valence-electron chi connectivity index (χ2n) is 3.30. The third-order valence-corrected chi connectivity index (χ3v) is 2.44. The standard InChI is InChI=1S/C11H14ClNO3/c1-7(10(13)11(14)15-2)16-9-6-4-3-5-8(9)12/h3-7,10H,13H2,1-2H3/t7-,10+/m0/s1. The number of hydrogen-bond donors (Lipinski definition) is 1. The molecule has 0 spiro atoms. The molecule has 1 aromatic rings. The van der Waals surface area contributed by atoms with Crippen molar-refractivity contribution in [3.8, 4) is 5.75 Å². The summed E-state index contributed by atoms with van der Waals surface area (Å²) in [6.45, 7) is 1.69. The molecule has 0 unspecified atom stereocenters. The fourth-order valence-corrected chi connectivity index (χ4v) is 1.32. The zero-order chi connectivity index (χ0) is 12.1. The highest BCUT2D eigenvalue weighted by atomic mass is 35.5. The molecule has 88 valence electrons. The summed E-state index contributed by atoms with van der Waals surface area (Å²) < 4.78 is 10.00. The lowest BCUT2D eigenvalue weighted by Gasteiger charge is -2.19. The maximum Gasteiger partial charge on any atom is 0.326 e. The highest BCUT2D eigenvalue weighted by Crippen LogP contribution is 2.24. The van der Waals surface area contributed by atoms with Crippen molar-refractivity contribution >= 4 is 17.6 Å². The summed E-state index contributed by atoms with van der Waals surface area (Å²) in [6, 6.07) is 6.16. The molecule has 0 fully saturated rings. The molecule has 1 aromatic carbocycles. The van der Waals surface area contributed by atoms with E-state index in [1.54, 1.807) is 31.2 Å². The van der Waals surface area contributed by atoms with Gasteiger partial charge in [0.05, 0.1) is 12.1 Å². The number of carbonyl (C=O) groups excluding carboxylic acids is 1. The van der Waals surface area contributed by atoms with Crippen LogP contribution in [-0.2, 0) is 9.53 Å². The number of para-hydroxylation sites is 1. The van der Waals surface area contributed by atoms with Crippen LogP contribution in [0, 0.1) is 0 Å². The van der Waals surface area contributed by atoms with Gasteiger partial charge in [-0.15, -0.1) is 0 Å². The van der Waals surface area contributed by atoms with Gasteiger partial charge in [-0.25, -0.2) is 0 Å². The van der Waals surface area contributed by atoms with Gasteiger partial charge in [-0.3, -0.25) is 4.79 Å². The number of halogens is 1. The van der Waals surface area contributed by atoms with Crippen LogP contribution in [0.4, 0.5) is 0 Å². The minimum atomic E-state index is -0.832. The lowest BCUT2D eigenvalue weighted by molar-refractivity contribution is -0.144. The molecule has 0 aromatic heterocycles. The zero-order valence-electron chi connectivity index (χ0n) is 9.14. The van der Waals surface area contributed by atoms with Crippen LogP contribution < -0.4 is 10.5 Å². The van der Waals surface area contributed by atoms with Gasteiger partial charge in [-0.1, -0.05) is 23.7 Å². The number of nitrogens with two attached hydrogens (primary N) is 1. The first-order valence-electron chi connectivity index (χ1n) is 4.81. The third kappa shape index (κ3) is 3.12. The van der Waals surface area contributed by atoms with E-state index >= 15 is 0 Å². The van der Waals surface area contributed by atoms with Crippen LogP contribution >= 0.6 is 11.6 Å². The van der Waals surface area contributed by atoms with Crippen molar-refractivity contribution in [2.75, 3.05) is 7.11 Å². The predicted octanol–water partition coefficient (Wildman–Crippen LogP) is 1.61. The van der Waals surface area contributed by atoms with Gasteiger partial charge in [0, 0.05) is 0 Å². The van der Waals surface area contributed by atoms with E-state index in [2.05, 4.69) is 4.74 Å². The van der Waals surface area contributed by atoms with E-state index in [1.807, 2.05) is 0 Å². The summed E-state index contributed by atoms with van der Waals surface area (Å²) in [6.07, 6.45) is -0.507. The summed E-state index contributed by atoms with van der Waals surface area (Å²) in [5.74, 6) is -0.0180. The molecule has 0 radical (unpaired) electrons. The first-order chi connectivity index (χ1) is 7.56. The Morgan fingerprint density at radius 3 is 2.62 bits per heavy atom. The number of benzene rings is 1. The summed E-state index contributed by atoms with van der Waals surface area (Å²) in [5, 5.41) is 0.478. The number of rotatable bonds is 4. The monoisotopic (exact) mass is 243 g/mol. The van der Waals surface area contributed by atoms with Crippen molar-refractivity contribution in [1.29, 1.82) is 0 Å². The topological polar surface area (TPSA) is 61.5 Å². The minimum absolute atomic E-state index is 0.478. The third-order valence-electron chi connectivity index (χ3n) is 2.13. The molecule has 0 saturated heterocycles. The first-order valence-corrected chi connectivity index (χ1v) is 5.18. The number of carbonyl (C=O) groups is 1. The fraction of sp³-hybridized carbons (Fsp3) is 0.364. The normalized spacial score (nSPS) is 14.0. The number of ether oxygens (including phenoxy) is 2. The van der Waals surface area contributed by atoms with Crippen molar-refractivity contribution in [2.24, 2.45) is 5.73 Å². The van der Waals surface area contributed by atoms with E-state index < -0.39 is 18.1 Å². The van der Waals surface area contributed by atoms with E-state index in [1.165, 1.54) is 7.11 Å². The van der Waals surface area contributed by atoms with Crippen molar-refractivity contribution in [2.45, 2.75) is 19.1 Å². The van der Waals surface area contributed by atoms with Gasteiger partial charge in [-0.05, 0) is 19.1 Å². The van der Waals surface area contributed by atoms with Gasteiger partial charge in [0.25, 0.3) is 0 Å². The maximum absolute atomic E-state index is 11.2. The Balaban J connectivity index is 2.68. The molecule has 2 atom stereocenters. The molecule has 0 saturated carbocycles. The molecular formula is C11H14ClNO3. The Bertz CT molecular complexity index is 370. The van der Waals surface area contributed by atoms with Gasteiger partial charge in [-0.2, -0.15) is 0 Å². The molecule has 16 heavy (non-hydrogen) atoms. The molecule has 0 bridgehead atoms. The van der Waals surface area contributed by atoms with Gasteiger partial charge in [0.2, 0.25) is 0 Å². The van der Waals surface area contributed by atoms with Crippen molar-refractivity contribution in [3.05, 3.63) is 29.3 Å². The second kappa shape index (κ2) is 5.72. The van der Waals surface area contributed by atoms with Crippen LogP contribution in [0.3, 0.4) is 0 Å². The molecule has 0 aliphatic heterocycles. The average Bonchev–Trinajstić information content (AvgIpc) is 2.30. The van der Waals surface area contributed by atoms with Crippen LogP contribution in [0.2, 0.25) is 5.02 Å².